The Kier molecular flexibility index (Phi) is 6.30. The van der Waals surface area contributed by atoms with Gasteiger partial charge in [-0.2, -0.15) is 0 Å². The van der Waals surface area contributed by atoms with Crippen LogP contribution in [0.1, 0.15) is 37.8 Å². The Hall–Kier alpha value is -0.580. The van der Waals surface area contributed by atoms with Gasteiger partial charge < -0.3 is 10.6 Å². The highest BCUT2D eigenvalue weighted by molar-refractivity contribution is 9.10. The van der Waals surface area contributed by atoms with Crippen LogP contribution in [0, 0.1) is 0 Å². The van der Waals surface area contributed by atoms with Gasteiger partial charge in [0.25, 0.3) is 0 Å². The average molecular weight is 348 g/mol. The number of amides is 1. The second-order valence-corrected chi connectivity index (χ2v) is 5.90. The summed E-state index contributed by atoms with van der Waals surface area (Å²) >= 11 is 3.48. The maximum atomic E-state index is 12.2. The predicted molar refractivity (Wildman–Crippen MR) is 83.3 cm³/mol. The van der Waals surface area contributed by atoms with Crippen LogP contribution in [-0.2, 0) is 4.79 Å². The van der Waals surface area contributed by atoms with Crippen LogP contribution in [0.4, 0.5) is 0 Å². The number of carbonyl (C=O) groups excluding carboxylic acids is 1. The molecule has 0 spiro atoms. The molecule has 2 rings (SSSR count). The summed E-state index contributed by atoms with van der Waals surface area (Å²) in [6, 6.07) is 8.36. The second kappa shape index (κ2) is 7.27. The normalized spacial score (nSPS) is 19.9. The number of likely N-dealkylation sites (tertiary alicyclic amines) is 1. The molecule has 1 amide bonds. The highest BCUT2D eigenvalue weighted by Crippen LogP contribution is 2.33. The van der Waals surface area contributed by atoms with Gasteiger partial charge in [0, 0.05) is 23.5 Å². The van der Waals surface area contributed by atoms with E-state index in [-0.39, 0.29) is 30.4 Å². The fraction of sp³-hybridized carbons (Fsp3) is 0.500. The summed E-state index contributed by atoms with van der Waals surface area (Å²) in [5.41, 5.74) is 6.92. The van der Waals surface area contributed by atoms with Gasteiger partial charge in [0.2, 0.25) is 5.91 Å². The molecule has 0 aliphatic carbocycles. The van der Waals surface area contributed by atoms with Gasteiger partial charge in [-0.1, -0.05) is 28.1 Å². The lowest BCUT2D eigenvalue weighted by molar-refractivity contribution is -0.132. The zero-order valence-electron chi connectivity index (χ0n) is 11.0. The molecule has 2 N–H and O–H groups in total. The molecule has 1 aromatic carbocycles. The summed E-state index contributed by atoms with van der Waals surface area (Å²) in [5, 5.41) is 0. The van der Waals surface area contributed by atoms with Crippen molar-refractivity contribution in [2.24, 2.45) is 5.73 Å². The highest BCUT2D eigenvalue weighted by atomic mass is 79.9. The minimum Gasteiger partial charge on any atom is -0.336 e. The Morgan fingerprint density at radius 2 is 2.32 bits per heavy atom. The van der Waals surface area contributed by atoms with Gasteiger partial charge in [0.1, 0.15) is 0 Å². The third-order valence-electron chi connectivity index (χ3n) is 3.30. The lowest BCUT2D eigenvalue weighted by Gasteiger charge is -2.26. The zero-order valence-corrected chi connectivity index (χ0v) is 13.4. The third-order valence-corrected chi connectivity index (χ3v) is 3.80. The van der Waals surface area contributed by atoms with Crippen molar-refractivity contribution in [2.75, 3.05) is 6.54 Å². The number of hydrogen-bond donors (Lipinski definition) is 1. The predicted octanol–water partition coefficient (Wildman–Crippen LogP) is 3.27. The summed E-state index contributed by atoms with van der Waals surface area (Å²) < 4.78 is 1.06. The van der Waals surface area contributed by atoms with Gasteiger partial charge in [-0.3, -0.25) is 4.79 Å². The van der Waals surface area contributed by atoms with Crippen molar-refractivity contribution in [3.05, 3.63) is 34.3 Å². The smallest absolute Gasteiger partial charge is 0.224 e. The fourth-order valence-corrected chi connectivity index (χ4v) is 2.94. The summed E-state index contributed by atoms with van der Waals surface area (Å²) in [4.78, 5) is 14.1. The molecule has 2 atom stereocenters. The van der Waals surface area contributed by atoms with Gasteiger partial charge in [0.15, 0.2) is 0 Å². The molecule has 0 aromatic heterocycles. The fourth-order valence-electron chi connectivity index (χ4n) is 2.52. The molecule has 0 bridgehead atoms. The largest absolute Gasteiger partial charge is 0.336 e. The van der Waals surface area contributed by atoms with Crippen LogP contribution in [-0.4, -0.2) is 23.4 Å². The van der Waals surface area contributed by atoms with E-state index in [0.717, 1.165) is 23.9 Å². The SMILES string of the molecule is CC(N)CC(=O)N1CCCC1c1cccc(Br)c1.Cl. The molecule has 3 nitrogen and oxygen atoms in total. The van der Waals surface area contributed by atoms with Crippen LogP contribution >= 0.6 is 28.3 Å². The van der Waals surface area contributed by atoms with Crippen molar-refractivity contribution in [1.29, 1.82) is 0 Å². The standard InChI is InChI=1S/C14H19BrN2O.ClH/c1-10(16)8-14(18)17-7-3-6-13(17)11-4-2-5-12(15)9-11;/h2,4-5,9-10,13H,3,6-8,16H2,1H3;1H. The molecule has 1 aromatic rings. The van der Waals surface area contributed by atoms with Crippen LogP contribution in [0.25, 0.3) is 0 Å². The first-order chi connectivity index (χ1) is 8.58. The molecule has 2 unspecified atom stereocenters. The molecular weight excluding hydrogens is 328 g/mol. The van der Waals surface area contributed by atoms with Crippen LogP contribution in [0.15, 0.2) is 28.7 Å². The number of benzene rings is 1. The van der Waals surface area contributed by atoms with Crippen molar-refractivity contribution in [3.63, 3.8) is 0 Å². The van der Waals surface area contributed by atoms with E-state index in [9.17, 15) is 4.79 Å². The maximum absolute atomic E-state index is 12.2. The van der Waals surface area contributed by atoms with Crippen LogP contribution in [0.3, 0.4) is 0 Å². The Bertz CT molecular complexity index is 439. The number of carbonyl (C=O) groups is 1. The van der Waals surface area contributed by atoms with E-state index in [0.29, 0.717) is 6.42 Å². The van der Waals surface area contributed by atoms with Crippen molar-refractivity contribution in [1.82, 2.24) is 4.90 Å². The molecule has 5 heteroatoms. The van der Waals surface area contributed by atoms with E-state index in [1.165, 1.54) is 5.56 Å². The van der Waals surface area contributed by atoms with E-state index < -0.39 is 0 Å². The van der Waals surface area contributed by atoms with E-state index in [2.05, 4.69) is 28.1 Å². The third kappa shape index (κ3) is 4.20. The van der Waals surface area contributed by atoms with Gasteiger partial charge in [-0.15, -0.1) is 12.4 Å². The number of halogens is 2. The van der Waals surface area contributed by atoms with E-state index in [4.69, 9.17) is 5.73 Å². The van der Waals surface area contributed by atoms with Gasteiger partial charge >= 0.3 is 0 Å². The molecule has 1 aliphatic heterocycles. The number of nitrogens with two attached hydrogens (primary N) is 1. The van der Waals surface area contributed by atoms with Crippen molar-refractivity contribution >= 4 is 34.2 Å². The lowest BCUT2D eigenvalue weighted by atomic mass is 10.0. The van der Waals surface area contributed by atoms with E-state index >= 15 is 0 Å². The molecule has 1 aliphatic rings. The van der Waals surface area contributed by atoms with Crippen molar-refractivity contribution in [2.45, 2.75) is 38.3 Å². The van der Waals surface area contributed by atoms with Crippen LogP contribution < -0.4 is 5.73 Å². The molecule has 0 saturated carbocycles. The number of hydrogen-bond acceptors (Lipinski definition) is 2. The summed E-state index contributed by atoms with van der Waals surface area (Å²) in [7, 11) is 0. The Morgan fingerprint density at radius 1 is 1.58 bits per heavy atom. The minimum absolute atomic E-state index is 0. The van der Waals surface area contributed by atoms with Gasteiger partial charge in [-0.05, 0) is 37.5 Å². The van der Waals surface area contributed by atoms with Crippen LogP contribution in [0.5, 0.6) is 0 Å². The molecule has 1 fully saturated rings. The first-order valence-electron chi connectivity index (χ1n) is 6.38. The summed E-state index contributed by atoms with van der Waals surface area (Å²) in [6.07, 6.45) is 2.55. The Morgan fingerprint density at radius 3 is 2.95 bits per heavy atom. The minimum atomic E-state index is -0.0683. The highest BCUT2D eigenvalue weighted by Gasteiger charge is 2.29. The van der Waals surface area contributed by atoms with E-state index in [1.807, 2.05) is 24.0 Å². The quantitative estimate of drug-likeness (QED) is 0.912. The lowest BCUT2D eigenvalue weighted by Crippen LogP contribution is -2.34. The maximum Gasteiger partial charge on any atom is 0.224 e. The van der Waals surface area contributed by atoms with Crippen LogP contribution in [0.2, 0.25) is 0 Å². The second-order valence-electron chi connectivity index (χ2n) is 4.98. The first-order valence-corrected chi connectivity index (χ1v) is 7.17. The molecule has 19 heavy (non-hydrogen) atoms. The zero-order chi connectivity index (χ0) is 13.1. The van der Waals surface area contributed by atoms with Crippen molar-refractivity contribution in [3.8, 4) is 0 Å². The van der Waals surface area contributed by atoms with E-state index in [1.54, 1.807) is 0 Å². The topological polar surface area (TPSA) is 46.3 Å². The molecular formula is C14H20BrClN2O. The average Bonchev–Trinajstić information content (AvgIpc) is 2.76. The summed E-state index contributed by atoms with van der Waals surface area (Å²) in [5.74, 6) is 0.174. The van der Waals surface area contributed by atoms with Gasteiger partial charge in [0.05, 0.1) is 6.04 Å². The summed E-state index contributed by atoms with van der Waals surface area (Å²) in [6.45, 7) is 2.73. The van der Waals surface area contributed by atoms with Gasteiger partial charge in [-0.25, -0.2) is 0 Å². The number of rotatable bonds is 3. The monoisotopic (exact) mass is 346 g/mol. The molecule has 1 heterocycles. The first kappa shape index (κ1) is 16.5. The molecule has 106 valence electrons. The molecule has 0 radical (unpaired) electrons. The van der Waals surface area contributed by atoms with Crippen molar-refractivity contribution < 1.29 is 4.79 Å². The Balaban J connectivity index is 0.00000180. The molecule has 1 saturated heterocycles. The Labute approximate surface area is 129 Å². The number of nitrogens with zero attached hydrogens (tertiary/aromatic N) is 1.